The van der Waals surface area contributed by atoms with Crippen molar-refractivity contribution in [2.45, 2.75) is 13.0 Å². The first-order valence-corrected chi connectivity index (χ1v) is 7.43. The number of urea groups is 1. The monoisotopic (exact) mass is 300 g/mol. The van der Waals surface area contributed by atoms with E-state index in [1.165, 1.54) is 4.57 Å². The van der Waals surface area contributed by atoms with E-state index < -0.39 is 0 Å². The molecule has 6 nitrogen and oxygen atoms in total. The number of aromatic nitrogens is 1. The number of pyridine rings is 1. The molecule has 0 saturated carbocycles. The van der Waals surface area contributed by atoms with Gasteiger partial charge in [-0.05, 0) is 30.5 Å². The van der Waals surface area contributed by atoms with Gasteiger partial charge in [0.1, 0.15) is 0 Å². The molecule has 6 heteroatoms. The quantitative estimate of drug-likeness (QED) is 0.836. The Kier molecular flexibility index (Phi) is 3.85. The second kappa shape index (κ2) is 5.81. The molecule has 1 fully saturated rings. The minimum atomic E-state index is -0.125. The number of amides is 2. The summed E-state index contributed by atoms with van der Waals surface area (Å²) < 4.78 is 1.53. The Morgan fingerprint density at radius 3 is 2.95 bits per heavy atom. The van der Waals surface area contributed by atoms with Gasteiger partial charge >= 0.3 is 6.03 Å². The van der Waals surface area contributed by atoms with Crippen molar-refractivity contribution in [1.29, 1.82) is 0 Å². The Balaban J connectivity index is 1.83. The number of fused-ring (bicyclic) bond motifs is 1. The number of nitrogens with one attached hydrogen (secondary N) is 2. The second-order valence-electron chi connectivity index (χ2n) is 5.77. The Morgan fingerprint density at radius 2 is 2.18 bits per heavy atom. The van der Waals surface area contributed by atoms with Gasteiger partial charge in [0.05, 0.1) is 0 Å². The van der Waals surface area contributed by atoms with Crippen molar-refractivity contribution in [1.82, 2.24) is 14.8 Å². The third-order valence-corrected chi connectivity index (χ3v) is 3.99. The fourth-order valence-corrected chi connectivity index (χ4v) is 2.73. The van der Waals surface area contributed by atoms with E-state index in [2.05, 4.69) is 17.6 Å². The summed E-state index contributed by atoms with van der Waals surface area (Å²) in [4.78, 5) is 26.2. The highest BCUT2D eigenvalue weighted by Gasteiger charge is 2.20. The van der Waals surface area contributed by atoms with E-state index in [-0.39, 0.29) is 11.6 Å². The van der Waals surface area contributed by atoms with Crippen LogP contribution in [0.1, 0.15) is 6.92 Å². The minimum absolute atomic E-state index is 0.0654. The maximum Gasteiger partial charge on any atom is 0.321 e. The molecule has 116 valence electrons. The van der Waals surface area contributed by atoms with Crippen molar-refractivity contribution in [3.8, 4) is 0 Å². The number of rotatable bonds is 1. The largest absolute Gasteiger partial charge is 0.322 e. The molecule has 1 saturated heterocycles. The zero-order valence-electron chi connectivity index (χ0n) is 12.8. The summed E-state index contributed by atoms with van der Waals surface area (Å²) >= 11 is 0. The molecule has 0 unspecified atom stereocenters. The van der Waals surface area contributed by atoms with Crippen LogP contribution < -0.4 is 16.2 Å². The van der Waals surface area contributed by atoms with Crippen molar-refractivity contribution in [3.05, 3.63) is 40.8 Å². The summed E-state index contributed by atoms with van der Waals surface area (Å²) in [6.07, 6.45) is 1.74. The first-order chi connectivity index (χ1) is 10.5. The highest BCUT2D eigenvalue weighted by atomic mass is 16.2. The van der Waals surface area contributed by atoms with Crippen LogP contribution in [0.15, 0.2) is 35.3 Å². The average Bonchev–Trinajstić information content (AvgIpc) is 2.51. The molecule has 2 N–H and O–H groups in total. The van der Waals surface area contributed by atoms with Gasteiger partial charge < -0.3 is 20.1 Å². The molecule has 22 heavy (non-hydrogen) atoms. The van der Waals surface area contributed by atoms with Gasteiger partial charge in [-0.1, -0.05) is 6.07 Å². The summed E-state index contributed by atoms with van der Waals surface area (Å²) in [5.41, 5.74) is 0.580. The van der Waals surface area contributed by atoms with Crippen LogP contribution in [0.25, 0.3) is 10.8 Å². The molecule has 1 atom stereocenters. The van der Waals surface area contributed by atoms with Gasteiger partial charge in [0.15, 0.2) is 0 Å². The Morgan fingerprint density at radius 1 is 1.36 bits per heavy atom. The number of piperazine rings is 1. The van der Waals surface area contributed by atoms with Gasteiger partial charge in [0.2, 0.25) is 0 Å². The van der Waals surface area contributed by atoms with Crippen LogP contribution in [0.3, 0.4) is 0 Å². The number of aryl methyl sites for hydroxylation is 1. The number of benzene rings is 1. The zero-order valence-corrected chi connectivity index (χ0v) is 12.8. The summed E-state index contributed by atoms with van der Waals surface area (Å²) in [6, 6.07) is 7.48. The normalized spacial score (nSPS) is 18.5. The summed E-state index contributed by atoms with van der Waals surface area (Å²) in [7, 11) is 1.72. The molecular formula is C16H20N4O2. The number of anilines is 1. The Labute approximate surface area is 128 Å². The van der Waals surface area contributed by atoms with Crippen molar-refractivity contribution >= 4 is 22.5 Å². The van der Waals surface area contributed by atoms with Crippen LogP contribution >= 0.6 is 0 Å². The lowest BCUT2D eigenvalue weighted by molar-refractivity contribution is 0.192. The van der Waals surface area contributed by atoms with Crippen LogP contribution in [0.5, 0.6) is 0 Å². The molecule has 1 aliphatic rings. The number of hydrogen-bond acceptors (Lipinski definition) is 3. The van der Waals surface area contributed by atoms with Crippen LogP contribution in [0, 0.1) is 0 Å². The third kappa shape index (κ3) is 2.82. The fourth-order valence-electron chi connectivity index (χ4n) is 2.73. The van der Waals surface area contributed by atoms with Gasteiger partial charge in [0.25, 0.3) is 5.56 Å². The predicted molar refractivity (Wildman–Crippen MR) is 87.2 cm³/mol. The average molecular weight is 300 g/mol. The summed E-state index contributed by atoms with van der Waals surface area (Å²) in [5.74, 6) is 0. The molecule has 1 aliphatic heterocycles. The fraction of sp³-hybridized carbons (Fsp3) is 0.375. The lowest BCUT2D eigenvalue weighted by Gasteiger charge is -2.31. The van der Waals surface area contributed by atoms with E-state index in [1.807, 2.05) is 18.2 Å². The van der Waals surface area contributed by atoms with Crippen LogP contribution in [-0.2, 0) is 7.05 Å². The minimum Gasteiger partial charge on any atom is -0.322 e. The van der Waals surface area contributed by atoms with Crippen molar-refractivity contribution in [2.24, 2.45) is 7.05 Å². The van der Waals surface area contributed by atoms with Gasteiger partial charge in [-0.25, -0.2) is 4.79 Å². The highest BCUT2D eigenvalue weighted by Crippen LogP contribution is 2.16. The van der Waals surface area contributed by atoms with Crippen LogP contribution in [-0.4, -0.2) is 41.2 Å². The third-order valence-electron chi connectivity index (χ3n) is 3.99. The maximum absolute atomic E-state index is 12.3. The first-order valence-electron chi connectivity index (χ1n) is 7.43. The Bertz CT molecular complexity index is 768. The lowest BCUT2D eigenvalue weighted by Crippen LogP contribution is -2.52. The molecule has 1 aromatic carbocycles. The summed E-state index contributed by atoms with van der Waals surface area (Å²) in [5, 5.41) is 7.66. The first kappa shape index (κ1) is 14.6. The molecule has 3 rings (SSSR count). The van der Waals surface area contributed by atoms with E-state index in [0.717, 1.165) is 11.9 Å². The highest BCUT2D eigenvalue weighted by molar-refractivity contribution is 5.93. The molecule has 2 amide bonds. The van der Waals surface area contributed by atoms with Crippen molar-refractivity contribution in [2.75, 3.05) is 25.0 Å². The SMILES string of the molecule is C[C@H]1CN(C(=O)Nc2ccc3ccn(C)c(=O)c3c2)CCN1. The zero-order chi connectivity index (χ0) is 15.7. The van der Waals surface area contributed by atoms with E-state index in [9.17, 15) is 9.59 Å². The van der Waals surface area contributed by atoms with Gasteiger partial charge in [-0.3, -0.25) is 4.79 Å². The van der Waals surface area contributed by atoms with Crippen molar-refractivity contribution in [3.63, 3.8) is 0 Å². The predicted octanol–water partition coefficient (Wildman–Crippen LogP) is 1.36. The molecule has 0 bridgehead atoms. The van der Waals surface area contributed by atoms with E-state index >= 15 is 0 Å². The Hall–Kier alpha value is -2.34. The van der Waals surface area contributed by atoms with Crippen molar-refractivity contribution < 1.29 is 4.79 Å². The smallest absolute Gasteiger partial charge is 0.321 e. The van der Waals surface area contributed by atoms with E-state index in [0.29, 0.717) is 30.2 Å². The van der Waals surface area contributed by atoms with E-state index in [4.69, 9.17) is 0 Å². The molecular weight excluding hydrogens is 280 g/mol. The van der Waals surface area contributed by atoms with E-state index in [1.54, 1.807) is 24.2 Å². The number of carbonyl (C=O) groups is 1. The van der Waals surface area contributed by atoms with Crippen LogP contribution in [0.2, 0.25) is 0 Å². The molecule has 1 aromatic heterocycles. The molecule has 2 aromatic rings. The molecule has 0 spiro atoms. The second-order valence-corrected chi connectivity index (χ2v) is 5.77. The lowest BCUT2D eigenvalue weighted by atomic mass is 10.1. The maximum atomic E-state index is 12.3. The molecule has 0 radical (unpaired) electrons. The topological polar surface area (TPSA) is 66.4 Å². The number of hydrogen-bond donors (Lipinski definition) is 2. The number of carbonyl (C=O) groups excluding carboxylic acids is 1. The van der Waals surface area contributed by atoms with Gasteiger partial charge in [-0.2, -0.15) is 0 Å². The molecule has 0 aliphatic carbocycles. The number of nitrogens with zero attached hydrogens (tertiary/aromatic N) is 2. The standard InChI is InChI=1S/C16H20N4O2/c1-11-10-20(8-6-17-11)16(22)18-13-4-3-12-5-7-19(2)15(21)14(12)9-13/h3-5,7,9,11,17H,6,8,10H2,1-2H3,(H,18,22)/t11-/m0/s1. The van der Waals surface area contributed by atoms with Crippen LogP contribution in [0.4, 0.5) is 10.5 Å². The summed E-state index contributed by atoms with van der Waals surface area (Å²) in [6.45, 7) is 4.22. The molecule has 2 heterocycles. The van der Waals surface area contributed by atoms with Gasteiger partial charge in [-0.15, -0.1) is 0 Å². The van der Waals surface area contributed by atoms with Gasteiger partial charge in [0, 0.05) is 50.0 Å².